The number of carbonyl (C=O) groups is 1. The van der Waals surface area contributed by atoms with Crippen LogP contribution in [0, 0.1) is 10.6 Å². The Morgan fingerprint density at radius 2 is 1.81 bits per heavy atom. The predicted molar refractivity (Wildman–Crippen MR) is 113 cm³/mol. The van der Waals surface area contributed by atoms with Crippen LogP contribution in [0.2, 0.25) is 0 Å². The van der Waals surface area contributed by atoms with Gasteiger partial charge in [0.05, 0.1) is 17.9 Å². The van der Waals surface area contributed by atoms with E-state index in [-0.39, 0.29) is 11.9 Å². The number of hydrogen-bond donors (Lipinski definition) is 0. The van der Waals surface area contributed by atoms with Gasteiger partial charge in [-0.2, -0.15) is 23.5 Å². The van der Waals surface area contributed by atoms with Crippen molar-refractivity contribution in [3.63, 3.8) is 0 Å². The maximum Gasteiger partial charge on any atom is 0.308 e. The van der Waals surface area contributed by atoms with E-state index in [1.165, 1.54) is 0 Å². The molecule has 1 aromatic carbocycles. The molecule has 7 heteroatoms. The van der Waals surface area contributed by atoms with Gasteiger partial charge in [0.2, 0.25) is 0 Å². The van der Waals surface area contributed by atoms with Gasteiger partial charge in [0, 0.05) is 29.1 Å². The first kappa shape index (κ1) is 21.1. The van der Waals surface area contributed by atoms with E-state index < -0.39 is 0 Å². The molecule has 0 bridgehead atoms. The number of carbonyl (C=O) groups excluding carboxylic acids is 1. The highest BCUT2D eigenvalue weighted by Crippen LogP contribution is 2.26. The van der Waals surface area contributed by atoms with Crippen LogP contribution in [0.5, 0.6) is 5.75 Å². The fourth-order valence-corrected chi connectivity index (χ4v) is 4.05. The molecule has 0 atom stereocenters. The van der Waals surface area contributed by atoms with Crippen molar-refractivity contribution in [3.8, 4) is 5.75 Å². The third-order valence-electron chi connectivity index (χ3n) is 3.41. The van der Waals surface area contributed by atoms with Gasteiger partial charge < -0.3 is 13.9 Å². The molecule has 0 aliphatic carbocycles. The lowest BCUT2D eigenvalue weighted by Gasteiger charge is -2.09. The first-order valence-electron chi connectivity index (χ1n) is 8.55. The van der Waals surface area contributed by atoms with Crippen molar-refractivity contribution in [3.05, 3.63) is 35.0 Å². The molecule has 2 aromatic rings. The number of fused-ring (bicyclic) bond motifs is 1. The Labute approximate surface area is 168 Å². The fraction of sp³-hybridized carbons (Fsp3) is 0.474. The number of rotatable bonds is 11. The Balaban J connectivity index is 1.58. The predicted octanol–water partition coefficient (Wildman–Crippen LogP) is 5.21. The van der Waals surface area contributed by atoms with Crippen molar-refractivity contribution < 1.29 is 18.7 Å². The molecule has 0 aliphatic heterocycles. The van der Waals surface area contributed by atoms with Gasteiger partial charge in [-0.05, 0) is 24.4 Å². The number of esters is 1. The highest BCUT2D eigenvalue weighted by atomic mass is 32.2. The van der Waals surface area contributed by atoms with Gasteiger partial charge in [-0.1, -0.05) is 26.0 Å². The third kappa shape index (κ3) is 7.21. The molecule has 0 saturated carbocycles. The van der Waals surface area contributed by atoms with Crippen LogP contribution in [-0.4, -0.2) is 42.2 Å². The van der Waals surface area contributed by atoms with Crippen LogP contribution in [-0.2, 0) is 9.53 Å². The zero-order chi connectivity index (χ0) is 18.8. The lowest BCUT2D eigenvalue weighted by molar-refractivity contribution is -0.146. The van der Waals surface area contributed by atoms with Crippen molar-refractivity contribution in [1.29, 1.82) is 0 Å². The molecule has 0 radical (unpaired) electrons. The Hall–Kier alpha value is -1.18. The average Bonchev–Trinajstić information content (AvgIpc) is 2.62. The zero-order valence-electron chi connectivity index (χ0n) is 15.1. The second kappa shape index (κ2) is 11.5. The molecule has 0 unspecified atom stereocenters. The maximum atomic E-state index is 11.3. The molecule has 0 amide bonds. The molecule has 0 N–H and O–H groups in total. The van der Waals surface area contributed by atoms with Crippen LogP contribution in [0.1, 0.15) is 13.8 Å². The topological polar surface area (TPSA) is 48.7 Å². The quantitative estimate of drug-likeness (QED) is 0.285. The summed E-state index contributed by atoms with van der Waals surface area (Å²) in [5, 5.41) is 0.942. The molecule has 0 fully saturated rings. The minimum absolute atomic E-state index is 0.0530. The Morgan fingerprint density at radius 3 is 2.54 bits per heavy atom. The summed E-state index contributed by atoms with van der Waals surface area (Å²) in [6.07, 6.45) is 0. The second-order valence-electron chi connectivity index (χ2n) is 5.82. The van der Waals surface area contributed by atoms with Crippen LogP contribution in [0.4, 0.5) is 0 Å². The van der Waals surface area contributed by atoms with Gasteiger partial charge in [0.1, 0.15) is 17.9 Å². The Bertz CT molecular complexity index is 758. The maximum absolute atomic E-state index is 11.3. The average molecular weight is 413 g/mol. The molecule has 1 aromatic heterocycles. The van der Waals surface area contributed by atoms with E-state index >= 15 is 0 Å². The van der Waals surface area contributed by atoms with Gasteiger partial charge >= 0.3 is 5.97 Å². The number of hydrogen-bond acceptors (Lipinski definition) is 7. The summed E-state index contributed by atoms with van der Waals surface area (Å²) >= 11 is 8.79. The van der Waals surface area contributed by atoms with E-state index in [1.807, 2.05) is 49.9 Å². The monoisotopic (exact) mass is 412 g/mol. The summed E-state index contributed by atoms with van der Waals surface area (Å²) in [5.74, 6) is 4.44. The van der Waals surface area contributed by atoms with E-state index in [0.717, 1.165) is 39.7 Å². The van der Waals surface area contributed by atoms with Crippen LogP contribution in [0.25, 0.3) is 11.0 Å². The number of benzene rings is 1. The summed E-state index contributed by atoms with van der Waals surface area (Å²) in [4.78, 5) is 11.3. The molecule has 0 aliphatic rings. The Kier molecular flexibility index (Phi) is 9.36. The van der Waals surface area contributed by atoms with E-state index in [2.05, 4.69) is 0 Å². The zero-order valence-corrected chi connectivity index (χ0v) is 17.5. The van der Waals surface area contributed by atoms with Gasteiger partial charge in [-0.15, -0.1) is 0 Å². The van der Waals surface area contributed by atoms with Crippen molar-refractivity contribution in [2.45, 2.75) is 13.8 Å². The summed E-state index contributed by atoms with van der Waals surface area (Å²) in [6, 6.07) is 9.50. The first-order valence-corrected chi connectivity index (χ1v) is 11.3. The van der Waals surface area contributed by atoms with Crippen molar-refractivity contribution in [2.24, 2.45) is 5.92 Å². The summed E-state index contributed by atoms with van der Waals surface area (Å²) in [6.45, 7) is 4.81. The molecule has 142 valence electrons. The van der Waals surface area contributed by atoms with Gasteiger partial charge in [-0.25, -0.2) is 0 Å². The van der Waals surface area contributed by atoms with Gasteiger partial charge in [0.15, 0.2) is 4.71 Å². The lowest BCUT2D eigenvalue weighted by atomic mass is 10.2. The first-order chi connectivity index (χ1) is 12.6. The molecule has 0 saturated heterocycles. The Morgan fingerprint density at radius 1 is 1.12 bits per heavy atom. The van der Waals surface area contributed by atoms with Crippen LogP contribution in [0.15, 0.2) is 34.7 Å². The van der Waals surface area contributed by atoms with Crippen LogP contribution >= 0.6 is 35.7 Å². The van der Waals surface area contributed by atoms with Crippen molar-refractivity contribution in [1.82, 2.24) is 0 Å². The van der Waals surface area contributed by atoms with E-state index in [0.29, 0.717) is 17.9 Å². The highest BCUT2D eigenvalue weighted by molar-refractivity contribution is 8.02. The minimum Gasteiger partial charge on any atom is -0.492 e. The van der Waals surface area contributed by atoms with Crippen molar-refractivity contribution >= 4 is 52.7 Å². The fourth-order valence-electron chi connectivity index (χ4n) is 2.10. The van der Waals surface area contributed by atoms with E-state index in [4.69, 9.17) is 26.1 Å². The number of thioether (sulfide) groups is 2. The molecule has 0 spiro atoms. The molecule has 4 nitrogen and oxygen atoms in total. The second-order valence-corrected chi connectivity index (χ2v) is 8.67. The van der Waals surface area contributed by atoms with Gasteiger partial charge in [-0.3, -0.25) is 4.79 Å². The molecule has 1 heterocycles. The largest absolute Gasteiger partial charge is 0.492 e. The smallest absolute Gasteiger partial charge is 0.308 e. The van der Waals surface area contributed by atoms with Crippen LogP contribution < -0.4 is 4.74 Å². The molecular weight excluding hydrogens is 388 g/mol. The van der Waals surface area contributed by atoms with E-state index in [9.17, 15) is 4.79 Å². The minimum atomic E-state index is -0.124. The van der Waals surface area contributed by atoms with Crippen molar-refractivity contribution in [2.75, 3.05) is 36.2 Å². The number of ether oxygens (including phenoxy) is 2. The van der Waals surface area contributed by atoms with Gasteiger partial charge in [0.25, 0.3) is 0 Å². The lowest BCUT2D eigenvalue weighted by Crippen LogP contribution is -2.13. The summed E-state index contributed by atoms with van der Waals surface area (Å²) < 4.78 is 17.0. The third-order valence-corrected chi connectivity index (χ3v) is 5.77. The summed E-state index contributed by atoms with van der Waals surface area (Å²) in [7, 11) is 0. The normalized spacial score (nSPS) is 11.0. The molecule has 26 heavy (non-hydrogen) atoms. The SMILES string of the molecule is CC(C)C(=O)OCCSCCSCCOc1cc(=S)oc2ccccc12. The standard InChI is InChI=1S/C19H24O4S3/c1-14(2)19(20)22-8-10-26-12-11-25-9-7-21-17-13-18(24)23-16-6-4-3-5-15(16)17/h3-6,13-14H,7-12H2,1-2H3. The summed E-state index contributed by atoms with van der Waals surface area (Å²) in [5.41, 5.74) is 0.747. The highest BCUT2D eigenvalue weighted by Gasteiger charge is 2.07. The molecular formula is C19H24O4S3. The molecule has 2 rings (SSSR count). The van der Waals surface area contributed by atoms with Crippen LogP contribution in [0.3, 0.4) is 0 Å². The number of para-hydroxylation sites is 1. The van der Waals surface area contributed by atoms with E-state index in [1.54, 1.807) is 17.8 Å².